The van der Waals surface area contributed by atoms with Crippen molar-refractivity contribution in [2.75, 3.05) is 0 Å². The summed E-state index contributed by atoms with van der Waals surface area (Å²) < 4.78 is 12.9. The largest absolute Gasteiger partial charge is 0.480 e. The molecule has 1 atom stereocenters. The summed E-state index contributed by atoms with van der Waals surface area (Å²) in [5, 5.41) is 11.3. The molecule has 1 rings (SSSR count). The van der Waals surface area contributed by atoms with Gasteiger partial charge in [-0.2, -0.15) is 0 Å². The van der Waals surface area contributed by atoms with E-state index in [1.54, 1.807) is 6.08 Å². The van der Waals surface area contributed by atoms with Crippen LogP contribution >= 0.6 is 0 Å². The van der Waals surface area contributed by atoms with E-state index in [2.05, 4.69) is 11.9 Å². The van der Waals surface area contributed by atoms with Crippen LogP contribution in [0.15, 0.2) is 36.9 Å². The van der Waals surface area contributed by atoms with Gasteiger partial charge in [0.2, 0.25) is 0 Å². The molecule has 0 heterocycles. The highest BCUT2D eigenvalue weighted by Crippen LogP contribution is 2.05. The number of carbonyl (C=O) groups is 2. The molecule has 0 aliphatic rings. The molecule has 0 aliphatic carbocycles. The van der Waals surface area contributed by atoms with Crippen molar-refractivity contribution in [1.82, 2.24) is 5.32 Å². The van der Waals surface area contributed by atoms with E-state index in [0.29, 0.717) is 6.42 Å². The molecule has 2 N–H and O–H groups in total. The number of amides is 1. The number of hydrogen-bond acceptors (Lipinski definition) is 2. The maximum absolute atomic E-state index is 12.9. The van der Waals surface area contributed by atoms with Gasteiger partial charge in [0.15, 0.2) is 0 Å². The van der Waals surface area contributed by atoms with E-state index >= 15 is 0 Å². The van der Waals surface area contributed by atoms with Crippen LogP contribution in [0.1, 0.15) is 23.2 Å². The lowest BCUT2D eigenvalue weighted by Crippen LogP contribution is -2.40. The third-order valence-corrected chi connectivity index (χ3v) is 2.35. The maximum Gasteiger partial charge on any atom is 0.326 e. The van der Waals surface area contributed by atoms with Crippen LogP contribution in [0, 0.1) is 5.82 Å². The van der Waals surface area contributed by atoms with E-state index in [-0.39, 0.29) is 12.0 Å². The smallest absolute Gasteiger partial charge is 0.326 e. The normalized spacial score (nSPS) is 11.6. The number of carboxylic acid groups (broad SMARTS) is 1. The zero-order chi connectivity index (χ0) is 13.5. The van der Waals surface area contributed by atoms with Gasteiger partial charge in [-0.05, 0) is 31.0 Å². The molecule has 1 aromatic rings. The van der Waals surface area contributed by atoms with Gasteiger partial charge in [0, 0.05) is 5.56 Å². The SMILES string of the molecule is C=CCC[C@@H](NC(=O)c1cccc(F)c1)C(=O)O. The minimum Gasteiger partial charge on any atom is -0.480 e. The second-order valence-corrected chi connectivity index (χ2v) is 3.74. The Bertz CT molecular complexity index is 459. The maximum atomic E-state index is 12.9. The molecule has 0 radical (unpaired) electrons. The molecular weight excluding hydrogens is 237 g/mol. The van der Waals surface area contributed by atoms with E-state index in [1.807, 2.05) is 0 Å². The summed E-state index contributed by atoms with van der Waals surface area (Å²) in [5.74, 6) is -2.27. The lowest BCUT2D eigenvalue weighted by molar-refractivity contribution is -0.139. The molecule has 18 heavy (non-hydrogen) atoms. The Morgan fingerprint density at radius 2 is 2.22 bits per heavy atom. The van der Waals surface area contributed by atoms with Crippen molar-refractivity contribution < 1.29 is 19.1 Å². The molecule has 1 aromatic carbocycles. The molecule has 5 heteroatoms. The number of nitrogens with one attached hydrogen (secondary N) is 1. The predicted octanol–water partition coefficient (Wildman–Crippen LogP) is 1.97. The van der Waals surface area contributed by atoms with Gasteiger partial charge in [-0.1, -0.05) is 12.1 Å². The summed E-state index contributed by atoms with van der Waals surface area (Å²) in [6, 6.07) is 4.08. The summed E-state index contributed by atoms with van der Waals surface area (Å²) in [6.07, 6.45) is 2.30. The van der Waals surface area contributed by atoms with Crippen molar-refractivity contribution in [1.29, 1.82) is 0 Å². The van der Waals surface area contributed by atoms with Crippen LogP contribution < -0.4 is 5.32 Å². The van der Waals surface area contributed by atoms with Crippen molar-refractivity contribution in [3.8, 4) is 0 Å². The molecule has 0 spiro atoms. The number of hydrogen-bond donors (Lipinski definition) is 2. The number of allylic oxidation sites excluding steroid dienone is 1. The molecule has 0 saturated carbocycles. The summed E-state index contributed by atoms with van der Waals surface area (Å²) in [5.41, 5.74) is 0.0971. The summed E-state index contributed by atoms with van der Waals surface area (Å²) >= 11 is 0. The summed E-state index contributed by atoms with van der Waals surface area (Å²) in [6.45, 7) is 3.49. The van der Waals surface area contributed by atoms with Crippen LogP contribution in [0.25, 0.3) is 0 Å². The first-order chi connectivity index (χ1) is 8.54. The Labute approximate surface area is 104 Å². The van der Waals surface area contributed by atoms with E-state index in [4.69, 9.17) is 5.11 Å². The van der Waals surface area contributed by atoms with Gasteiger partial charge in [-0.25, -0.2) is 9.18 Å². The highest BCUT2D eigenvalue weighted by molar-refractivity contribution is 5.96. The Hall–Kier alpha value is -2.17. The fraction of sp³-hybridized carbons (Fsp3) is 0.231. The lowest BCUT2D eigenvalue weighted by Gasteiger charge is -2.13. The number of carboxylic acids is 1. The van der Waals surface area contributed by atoms with Gasteiger partial charge in [0.1, 0.15) is 11.9 Å². The van der Waals surface area contributed by atoms with Gasteiger partial charge < -0.3 is 10.4 Å². The van der Waals surface area contributed by atoms with Crippen molar-refractivity contribution >= 4 is 11.9 Å². The van der Waals surface area contributed by atoms with Crippen molar-refractivity contribution in [3.05, 3.63) is 48.3 Å². The molecule has 0 bridgehead atoms. The first kappa shape index (κ1) is 13.9. The number of rotatable bonds is 6. The molecule has 0 fully saturated rings. The highest BCUT2D eigenvalue weighted by atomic mass is 19.1. The van der Waals surface area contributed by atoms with Crippen LogP contribution in [0.4, 0.5) is 4.39 Å². The predicted molar refractivity (Wildman–Crippen MR) is 64.7 cm³/mol. The Balaban J connectivity index is 2.72. The third kappa shape index (κ3) is 4.01. The van der Waals surface area contributed by atoms with Crippen molar-refractivity contribution in [3.63, 3.8) is 0 Å². The second kappa shape index (κ2) is 6.54. The molecule has 4 nitrogen and oxygen atoms in total. The van der Waals surface area contributed by atoms with Gasteiger partial charge >= 0.3 is 5.97 Å². The fourth-order valence-electron chi connectivity index (χ4n) is 1.41. The Morgan fingerprint density at radius 3 is 2.78 bits per heavy atom. The number of benzene rings is 1. The van der Waals surface area contributed by atoms with Gasteiger partial charge in [-0.3, -0.25) is 4.79 Å². The molecule has 0 saturated heterocycles. The molecule has 0 aromatic heterocycles. The van der Waals surface area contributed by atoms with Crippen LogP contribution in [-0.4, -0.2) is 23.0 Å². The van der Waals surface area contributed by atoms with Gasteiger partial charge in [0.25, 0.3) is 5.91 Å². The minimum absolute atomic E-state index is 0.0971. The monoisotopic (exact) mass is 251 g/mol. The van der Waals surface area contributed by atoms with E-state index in [9.17, 15) is 14.0 Å². The number of carbonyl (C=O) groups excluding carboxylic acids is 1. The minimum atomic E-state index is -1.12. The van der Waals surface area contributed by atoms with Crippen LogP contribution in [0.5, 0.6) is 0 Å². The molecule has 0 unspecified atom stereocenters. The number of aliphatic carboxylic acids is 1. The highest BCUT2D eigenvalue weighted by Gasteiger charge is 2.19. The first-order valence-corrected chi connectivity index (χ1v) is 5.44. The Kier molecular flexibility index (Phi) is 5.05. The molecular formula is C13H14FNO3. The van der Waals surface area contributed by atoms with Crippen molar-refractivity contribution in [2.45, 2.75) is 18.9 Å². The molecule has 0 aliphatic heterocycles. The van der Waals surface area contributed by atoms with Crippen LogP contribution in [-0.2, 0) is 4.79 Å². The van der Waals surface area contributed by atoms with Crippen molar-refractivity contribution in [2.24, 2.45) is 0 Å². The van der Waals surface area contributed by atoms with E-state index in [1.165, 1.54) is 18.2 Å². The van der Waals surface area contributed by atoms with E-state index < -0.39 is 23.7 Å². The van der Waals surface area contributed by atoms with E-state index in [0.717, 1.165) is 6.07 Å². The molecule has 1 amide bonds. The lowest BCUT2D eigenvalue weighted by atomic mass is 10.1. The molecule has 96 valence electrons. The zero-order valence-corrected chi connectivity index (χ0v) is 9.73. The Morgan fingerprint density at radius 1 is 1.50 bits per heavy atom. The second-order valence-electron chi connectivity index (χ2n) is 3.74. The third-order valence-electron chi connectivity index (χ3n) is 2.35. The quantitative estimate of drug-likeness (QED) is 0.760. The average Bonchev–Trinajstić information content (AvgIpc) is 2.33. The summed E-state index contributed by atoms with van der Waals surface area (Å²) in [4.78, 5) is 22.6. The van der Waals surface area contributed by atoms with Crippen LogP contribution in [0.2, 0.25) is 0 Å². The van der Waals surface area contributed by atoms with Gasteiger partial charge in [-0.15, -0.1) is 6.58 Å². The average molecular weight is 251 g/mol. The fourth-order valence-corrected chi connectivity index (χ4v) is 1.41. The standard InChI is InChI=1S/C13H14FNO3/c1-2-3-7-11(13(17)18)15-12(16)9-5-4-6-10(14)8-9/h2,4-6,8,11H,1,3,7H2,(H,15,16)(H,17,18)/t11-/m1/s1. The summed E-state index contributed by atoms with van der Waals surface area (Å²) in [7, 11) is 0. The number of halogens is 1. The zero-order valence-electron chi connectivity index (χ0n) is 9.73. The van der Waals surface area contributed by atoms with Crippen LogP contribution in [0.3, 0.4) is 0 Å². The topological polar surface area (TPSA) is 66.4 Å². The van der Waals surface area contributed by atoms with Gasteiger partial charge in [0.05, 0.1) is 0 Å². The first-order valence-electron chi connectivity index (χ1n) is 5.44.